The third-order valence-corrected chi connectivity index (χ3v) is 3.36. The topological polar surface area (TPSA) is 54.9 Å². The molecule has 1 heterocycles. The summed E-state index contributed by atoms with van der Waals surface area (Å²) in [4.78, 5) is 20.5. The fourth-order valence-corrected chi connectivity index (χ4v) is 2.11. The van der Waals surface area contributed by atoms with Crippen molar-refractivity contribution < 1.29 is 4.79 Å². The summed E-state index contributed by atoms with van der Waals surface area (Å²) >= 11 is 3.36. The van der Waals surface area contributed by atoms with E-state index in [9.17, 15) is 4.79 Å². The summed E-state index contributed by atoms with van der Waals surface area (Å²) in [5.41, 5.74) is 2.78. The first-order chi connectivity index (χ1) is 9.72. The van der Waals surface area contributed by atoms with Crippen molar-refractivity contribution in [2.45, 2.75) is 0 Å². The zero-order chi connectivity index (χ0) is 13.9. The van der Waals surface area contributed by atoms with Crippen LogP contribution < -0.4 is 5.32 Å². The number of anilines is 1. The third kappa shape index (κ3) is 2.67. The van der Waals surface area contributed by atoms with Gasteiger partial charge in [0.05, 0.1) is 11.0 Å². The molecule has 20 heavy (non-hydrogen) atoms. The van der Waals surface area contributed by atoms with Gasteiger partial charge in [-0.15, -0.1) is 0 Å². The number of benzene rings is 2. The molecule has 0 aliphatic rings. The molecule has 1 aromatic heterocycles. The number of amides is 1. The zero-order valence-electron chi connectivity index (χ0n) is 10.4. The summed E-state index contributed by atoms with van der Waals surface area (Å²) in [7, 11) is 0. The largest absolute Gasteiger partial charge is 0.322 e. The van der Waals surface area contributed by atoms with Crippen LogP contribution in [0.15, 0.2) is 59.3 Å². The molecule has 5 heteroatoms. The van der Waals surface area contributed by atoms with Gasteiger partial charge < -0.3 is 5.32 Å². The van der Waals surface area contributed by atoms with E-state index < -0.39 is 0 Å². The predicted octanol–water partition coefficient (Wildman–Crippen LogP) is 3.64. The van der Waals surface area contributed by atoms with Gasteiger partial charge >= 0.3 is 0 Å². The molecule has 3 rings (SSSR count). The number of hydrogen-bond donors (Lipinski definition) is 1. The molecule has 0 unspecified atom stereocenters. The SMILES string of the molecule is O=C(Nc1ccc(Br)cc1)c1ccc2nccnc2c1. The second kappa shape index (κ2) is 5.38. The second-order valence-corrected chi connectivity index (χ2v) is 5.14. The molecule has 3 aromatic rings. The molecule has 1 N–H and O–H groups in total. The number of hydrogen-bond acceptors (Lipinski definition) is 3. The molecule has 0 spiro atoms. The Balaban J connectivity index is 1.86. The van der Waals surface area contributed by atoms with E-state index in [1.165, 1.54) is 0 Å². The van der Waals surface area contributed by atoms with Crippen molar-refractivity contribution in [3.05, 3.63) is 64.9 Å². The predicted molar refractivity (Wildman–Crippen MR) is 81.6 cm³/mol. The van der Waals surface area contributed by atoms with Crippen LogP contribution in [-0.2, 0) is 0 Å². The maximum absolute atomic E-state index is 12.2. The summed E-state index contributed by atoms with van der Waals surface area (Å²) in [5, 5.41) is 2.84. The van der Waals surface area contributed by atoms with Crippen LogP contribution in [0.2, 0.25) is 0 Å². The van der Waals surface area contributed by atoms with Crippen LogP contribution in [0.1, 0.15) is 10.4 Å². The van der Waals surface area contributed by atoms with Crippen LogP contribution >= 0.6 is 15.9 Å². The highest BCUT2D eigenvalue weighted by atomic mass is 79.9. The van der Waals surface area contributed by atoms with E-state index >= 15 is 0 Å². The minimum atomic E-state index is -0.167. The molecule has 0 aliphatic carbocycles. The van der Waals surface area contributed by atoms with Gasteiger partial charge in [-0.1, -0.05) is 15.9 Å². The summed E-state index contributed by atoms with van der Waals surface area (Å²) < 4.78 is 0.969. The van der Waals surface area contributed by atoms with Gasteiger partial charge in [0, 0.05) is 28.1 Å². The van der Waals surface area contributed by atoms with Crippen LogP contribution in [0.25, 0.3) is 11.0 Å². The summed E-state index contributed by atoms with van der Waals surface area (Å²) in [6, 6.07) is 12.7. The first-order valence-electron chi connectivity index (χ1n) is 6.00. The minimum Gasteiger partial charge on any atom is -0.322 e. The number of nitrogens with one attached hydrogen (secondary N) is 1. The molecule has 0 radical (unpaired) electrons. The van der Waals surface area contributed by atoms with Gasteiger partial charge in [-0.25, -0.2) is 0 Å². The Morgan fingerprint density at radius 2 is 1.65 bits per heavy atom. The lowest BCUT2D eigenvalue weighted by molar-refractivity contribution is 0.102. The molecule has 2 aromatic carbocycles. The van der Waals surface area contributed by atoms with Crippen LogP contribution in [0.3, 0.4) is 0 Å². The normalized spacial score (nSPS) is 10.4. The van der Waals surface area contributed by atoms with Crippen molar-refractivity contribution in [1.29, 1.82) is 0 Å². The fraction of sp³-hybridized carbons (Fsp3) is 0. The first-order valence-corrected chi connectivity index (χ1v) is 6.79. The van der Waals surface area contributed by atoms with Gasteiger partial charge in [-0.05, 0) is 42.5 Å². The Hall–Kier alpha value is -2.27. The Morgan fingerprint density at radius 3 is 2.40 bits per heavy atom. The van der Waals surface area contributed by atoms with E-state index in [-0.39, 0.29) is 5.91 Å². The van der Waals surface area contributed by atoms with Crippen LogP contribution in [0, 0.1) is 0 Å². The van der Waals surface area contributed by atoms with Gasteiger partial charge in [0.2, 0.25) is 0 Å². The molecule has 4 nitrogen and oxygen atoms in total. The number of rotatable bonds is 2. The Morgan fingerprint density at radius 1 is 0.950 bits per heavy atom. The fourth-order valence-electron chi connectivity index (χ4n) is 1.84. The monoisotopic (exact) mass is 327 g/mol. The molecular formula is C15H10BrN3O. The third-order valence-electron chi connectivity index (χ3n) is 2.83. The molecule has 0 fully saturated rings. The Bertz CT molecular complexity index is 771. The van der Waals surface area contributed by atoms with E-state index in [0.29, 0.717) is 11.1 Å². The molecule has 0 saturated heterocycles. The summed E-state index contributed by atoms with van der Waals surface area (Å²) in [6.45, 7) is 0. The van der Waals surface area contributed by atoms with Crippen LogP contribution in [0.4, 0.5) is 5.69 Å². The minimum absolute atomic E-state index is 0.167. The van der Waals surface area contributed by atoms with E-state index in [1.807, 2.05) is 24.3 Å². The number of fused-ring (bicyclic) bond motifs is 1. The standard InChI is InChI=1S/C15H10BrN3O/c16-11-2-4-12(5-3-11)19-15(20)10-1-6-13-14(9-10)18-8-7-17-13/h1-9H,(H,19,20). The molecule has 0 atom stereocenters. The van der Waals surface area contributed by atoms with Crippen LogP contribution in [0.5, 0.6) is 0 Å². The Kier molecular flexibility index (Phi) is 3.43. The number of nitrogens with zero attached hydrogens (tertiary/aromatic N) is 2. The molecule has 0 aliphatic heterocycles. The van der Waals surface area contributed by atoms with Crippen LogP contribution in [-0.4, -0.2) is 15.9 Å². The number of halogens is 1. The van der Waals surface area contributed by atoms with Gasteiger partial charge in [0.15, 0.2) is 0 Å². The van der Waals surface area contributed by atoms with E-state index in [2.05, 4.69) is 31.2 Å². The van der Waals surface area contributed by atoms with Gasteiger partial charge in [-0.3, -0.25) is 14.8 Å². The van der Waals surface area contributed by atoms with Gasteiger partial charge in [0.25, 0.3) is 5.91 Å². The highest BCUT2D eigenvalue weighted by molar-refractivity contribution is 9.10. The smallest absolute Gasteiger partial charge is 0.255 e. The van der Waals surface area contributed by atoms with E-state index in [4.69, 9.17) is 0 Å². The average molecular weight is 328 g/mol. The van der Waals surface area contributed by atoms with Crippen molar-refractivity contribution in [3.8, 4) is 0 Å². The van der Waals surface area contributed by atoms with Crippen molar-refractivity contribution in [2.24, 2.45) is 0 Å². The van der Waals surface area contributed by atoms with E-state index in [1.54, 1.807) is 30.6 Å². The molecule has 98 valence electrons. The van der Waals surface area contributed by atoms with Crippen molar-refractivity contribution in [2.75, 3.05) is 5.32 Å². The first kappa shape index (κ1) is 12.7. The molecule has 0 saturated carbocycles. The lowest BCUT2D eigenvalue weighted by Crippen LogP contribution is -2.11. The summed E-state index contributed by atoms with van der Waals surface area (Å²) in [6.07, 6.45) is 3.24. The second-order valence-electron chi connectivity index (χ2n) is 4.22. The average Bonchev–Trinajstić information content (AvgIpc) is 2.49. The van der Waals surface area contributed by atoms with Gasteiger partial charge in [0.1, 0.15) is 0 Å². The molecule has 0 bridgehead atoms. The van der Waals surface area contributed by atoms with Gasteiger partial charge in [-0.2, -0.15) is 0 Å². The van der Waals surface area contributed by atoms with Crippen molar-refractivity contribution in [3.63, 3.8) is 0 Å². The quantitative estimate of drug-likeness (QED) is 0.781. The number of aromatic nitrogens is 2. The maximum Gasteiger partial charge on any atom is 0.255 e. The highest BCUT2D eigenvalue weighted by Crippen LogP contribution is 2.16. The Labute approximate surface area is 124 Å². The molecular weight excluding hydrogens is 318 g/mol. The zero-order valence-corrected chi connectivity index (χ0v) is 12.0. The van der Waals surface area contributed by atoms with E-state index in [0.717, 1.165) is 15.7 Å². The lowest BCUT2D eigenvalue weighted by atomic mass is 10.1. The molecule has 1 amide bonds. The van der Waals surface area contributed by atoms with Crippen molar-refractivity contribution in [1.82, 2.24) is 9.97 Å². The number of carbonyl (C=O) groups excluding carboxylic acids is 1. The maximum atomic E-state index is 12.2. The number of carbonyl (C=O) groups is 1. The lowest BCUT2D eigenvalue weighted by Gasteiger charge is -2.06. The highest BCUT2D eigenvalue weighted by Gasteiger charge is 2.07. The summed E-state index contributed by atoms with van der Waals surface area (Å²) in [5.74, 6) is -0.167. The van der Waals surface area contributed by atoms with Crippen molar-refractivity contribution >= 4 is 38.6 Å².